The van der Waals surface area contributed by atoms with Crippen molar-refractivity contribution in [3.63, 3.8) is 0 Å². The first-order valence-corrected chi connectivity index (χ1v) is 6.96. The molecule has 2 atom stereocenters. The van der Waals surface area contributed by atoms with E-state index in [-0.39, 0.29) is 0 Å². The van der Waals surface area contributed by atoms with Crippen molar-refractivity contribution in [1.82, 2.24) is 9.80 Å². The maximum atomic E-state index is 5.66. The van der Waals surface area contributed by atoms with E-state index in [0.29, 0.717) is 5.92 Å². The van der Waals surface area contributed by atoms with Crippen LogP contribution in [-0.2, 0) is 0 Å². The van der Waals surface area contributed by atoms with E-state index >= 15 is 0 Å². The molecule has 94 valence electrons. The topological polar surface area (TPSA) is 32.5 Å². The standard InChI is InChI=1S/C13H27N3/c1-12(10-14)4-8-15-9-5-13(11-15)16-6-2-3-7-16/h12-13H,2-11,14H2,1H3. The zero-order chi connectivity index (χ0) is 11.4. The van der Waals surface area contributed by atoms with Gasteiger partial charge in [0.1, 0.15) is 0 Å². The van der Waals surface area contributed by atoms with Crippen molar-refractivity contribution < 1.29 is 0 Å². The first kappa shape index (κ1) is 12.3. The van der Waals surface area contributed by atoms with Crippen LogP contribution in [0.4, 0.5) is 0 Å². The van der Waals surface area contributed by atoms with Gasteiger partial charge in [-0.1, -0.05) is 6.92 Å². The lowest BCUT2D eigenvalue weighted by Gasteiger charge is -2.24. The largest absolute Gasteiger partial charge is 0.330 e. The molecule has 0 aromatic heterocycles. The second-order valence-corrected chi connectivity index (χ2v) is 5.62. The third-order valence-electron chi connectivity index (χ3n) is 4.25. The highest BCUT2D eigenvalue weighted by Gasteiger charge is 2.28. The number of likely N-dealkylation sites (tertiary alicyclic amines) is 2. The van der Waals surface area contributed by atoms with Gasteiger partial charge in [-0.05, 0) is 64.3 Å². The van der Waals surface area contributed by atoms with Crippen LogP contribution < -0.4 is 5.73 Å². The molecule has 2 rings (SSSR count). The summed E-state index contributed by atoms with van der Waals surface area (Å²) in [5.41, 5.74) is 5.66. The number of nitrogens with zero attached hydrogens (tertiary/aromatic N) is 2. The number of hydrogen-bond acceptors (Lipinski definition) is 3. The van der Waals surface area contributed by atoms with Gasteiger partial charge < -0.3 is 10.6 Å². The van der Waals surface area contributed by atoms with Gasteiger partial charge in [-0.2, -0.15) is 0 Å². The molecule has 0 radical (unpaired) electrons. The molecule has 2 aliphatic heterocycles. The Bertz CT molecular complexity index is 201. The van der Waals surface area contributed by atoms with Gasteiger partial charge in [0.05, 0.1) is 0 Å². The van der Waals surface area contributed by atoms with Gasteiger partial charge in [0, 0.05) is 12.6 Å². The molecule has 0 bridgehead atoms. The molecule has 2 unspecified atom stereocenters. The predicted molar refractivity (Wildman–Crippen MR) is 68.5 cm³/mol. The minimum atomic E-state index is 0.686. The Morgan fingerprint density at radius 1 is 1.25 bits per heavy atom. The second-order valence-electron chi connectivity index (χ2n) is 5.62. The van der Waals surface area contributed by atoms with Crippen LogP contribution in [0.25, 0.3) is 0 Å². The SMILES string of the molecule is CC(CN)CCN1CCC(N2CCCC2)C1. The molecule has 0 amide bonds. The monoisotopic (exact) mass is 225 g/mol. The van der Waals surface area contributed by atoms with E-state index in [4.69, 9.17) is 5.73 Å². The van der Waals surface area contributed by atoms with Crippen LogP contribution in [0.5, 0.6) is 0 Å². The van der Waals surface area contributed by atoms with E-state index in [1.165, 1.54) is 58.4 Å². The average molecular weight is 225 g/mol. The van der Waals surface area contributed by atoms with E-state index in [1.54, 1.807) is 0 Å². The molecule has 16 heavy (non-hydrogen) atoms. The van der Waals surface area contributed by atoms with Crippen LogP contribution >= 0.6 is 0 Å². The fourth-order valence-electron chi connectivity index (χ4n) is 2.94. The summed E-state index contributed by atoms with van der Waals surface area (Å²) in [5.74, 6) is 0.686. The summed E-state index contributed by atoms with van der Waals surface area (Å²) in [4.78, 5) is 5.33. The van der Waals surface area contributed by atoms with E-state index in [0.717, 1.165) is 12.6 Å². The fraction of sp³-hybridized carbons (Fsp3) is 1.00. The van der Waals surface area contributed by atoms with E-state index in [1.807, 2.05) is 0 Å². The Morgan fingerprint density at radius 3 is 2.69 bits per heavy atom. The first-order valence-electron chi connectivity index (χ1n) is 6.96. The Labute approximate surface area is 100.0 Å². The molecule has 2 saturated heterocycles. The third kappa shape index (κ3) is 3.19. The van der Waals surface area contributed by atoms with E-state index in [2.05, 4.69) is 16.7 Å². The molecule has 0 saturated carbocycles. The van der Waals surface area contributed by atoms with Gasteiger partial charge in [0.25, 0.3) is 0 Å². The third-order valence-corrected chi connectivity index (χ3v) is 4.25. The lowest BCUT2D eigenvalue weighted by molar-refractivity contribution is 0.228. The van der Waals surface area contributed by atoms with Crippen molar-refractivity contribution in [3.05, 3.63) is 0 Å². The number of hydrogen-bond donors (Lipinski definition) is 1. The van der Waals surface area contributed by atoms with Crippen molar-refractivity contribution in [1.29, 1.82) is 0 Å². The number of nitrogens with two attached hydrogens (primary N) is 1. The lowest BCUT2D eigenvalue weighted by Crippen LogP contribution is -2.35. The molecule has 0 aromatic carbocycles. The van der Waals surface area contributed by atoms with Crippen LogP contribution in [0.3, 0.4) is 0 Å². The van der Waals surface area contributed by atoms with Crippen molar-refractivity contribution in [2.45, 2.75) is 38.6 Å². The quantitative estimate of drug-likeness (QED) is 0.761. The molecule has 3 heteroatoms. The van der Waals surface area contributed by atoms with E-state index in [9.17, 15) is 0 Å². The summed E-state index contributed by atoms with van der Waals surface area (Å²) in [6.07, 6.45) is 5.49. The van der Waals surface area contributed by atoms with Gasteiger partial charge in [-0.15, -0.1) is 0 Å². The molecular weight excluding hydrogens is 198 g/mol. The Morgan fingerprint density at radius 2 is 2.00 bits per heavy atom. The van der Waals surface area contributed by atoms with Gasteiger partial charge in [-0.25, -0.2) is 0 Å². The molecule has 2 fully saturated rings. The van der Waals surface area contributed by atoms with Gasteiger partial charge in [0.15, 0.2) is 0 Å². The Kier molecular flexibility index (Phi) is 4.62. The van der Waals surface area contributed by atoms with Crippen molar-refractivity contribution in [2.75, 3.05) is 39.3 Å². The highest BCUT2D eigenvalue weighted by Crippen LogP contribution is 2.20. The molecule has 2 N–H and O–H groups in total. The molecule has 2 aliphatic rings. The molecule has 2 heterocycles. The summed E-state index contributed by atoms with van der Waals surface area (Å²) >= 11 is 0. The van der Waals surface area contributed by atoms with Crippen molar-refractivity contribution >= 4 is 0 Å². The first-order chi connectivity index (χ1) is 7.79. The van der Waals surface area contributed by atoms with Crippen LogP contribution in [0, 0.1) is 5.92 Å². The van der Waals surface area contributed by atoms with Crippen LogP contribution in [0.15, 0.2) is 0 Å². The summed E-state index contributed by atoms with van der Waals surface area (Å²) in [6, 6.07) is 0.857. The van der Waals surface area contributed by atoms with Crippen molar-refractivity contribution in [2.24, 2.45) is 11.7 Å². The highest BCUT2D eigenvalue weighted by molar-refractivity contribution is 4.85. The minimum Gasteiger partial charge on any atom is -0.330 e. The smallest absolute Gasteiger partial charge is 0.0235 e. The summed E-state index contributed by atoms with van der Waals surface area (Å²) in [7, 11) is 0. The highest BCUT2D eigenvalue weighted by atomic mass is 15.3. The molecule has 3 nitrogen and oxygen atoms in total. The molecule has 0 aromatic rings. The average Bonchev–Trinajstić information content (AvgIpc) is 2.95. The summed E-state index contributed by atoms with van der Waals surface area (Å²) in [6.45, 7) is 9.64. The van der Waals surface area contributed by atoms with Crippen LogP contribution in [-0.4, -0.2) is 55.1 Å². The van der Waals surface area contributed by atoms with Gasteiger partial charge in [-0.3, -0.25) is 4.90 Å². The van der Waals surface area contributed by atoms with Gasteiger partial charge in [0.2, 0.25) is 0 Å². The zero-order valence-corrected chi connectivity index (χ0v) is 10.7. The van der Waals surface area contributed by atoms with Gasteiger partial charge >= 0.3 is 0 Å². The minimum absolute atomic E-state index is 0.686. The maximum absolute atomic E-state index is 5.66. The second kappa shape index (κ2) is 5.99. The van der Waals surface area contributed by atoms with Crippen molar-refractivity contribution in [3.8, 4) is 0 Å². The summed E-state index contributed by atoms with van der Waals surface area (Å²) in [5, 5.41) is 0. The molecular formula is C13H27N3. The lowest BCUT2D eigenvalue weighted by atomic mass is 10.1. The Hall–Kier alpha value is -0.120. The maximum Gasteiger partial charge on any atom is 0.0235 e. The predicted octanol–water partition coefficient (Wildman–Crippen LogP) is 1.14. The Balaban J connectivity index is 1.67. The van der Waals surface area contributed by atoms with Crippen LogP contribution in [0.2, 0.25) is 0 Å². The molecule has 0 aliphatic carbocycles. The summed E-state index contributed by atoms with van der Waals surface area (Å²) < 4.78 is 0. The zero-order valence-electron chi connectivity index (χ0n) is 10.7. The van der Waals surface area contributed by atoms with Crippen LogP contribution in [0.1, 0.15) is 32.6 Å². The molecule has 0 spiro atoms. The normalized spacial score (nSPS) is 30.0. The van der Waals surface area contributed by atoms with E-state index < -0.39 is 0 Å². The fourth-order valence-corrected chi connectivity index (χ4v) is 2.94. The number of rotatable bonds is 5.